The Morgan fingerprint density at radius 2 is 1.64 bits per heavy atom. The van der Waals surface area contributed by atoms with Crippen LogP contribution < -0.4 is 5.32 Å². The van der Waals surface area contributed by atoms with Gasteiger partial charge >= 0.3 is 35.2 Å². The monoisotopic (exact) mass is 518 g/mol. The normalized spacial score (nSPS) is 18.8. The molecule has 1 fully saturated rings. The van der Waals surface area contributed by atoms with Crippen molar-refractivity contribution in [2.24, 2.45) is 0 Å². The van der Waals surface area contributed by atoms with E-state index in [-0.39, 0.29) is 0 Å². The lowest BCUT2D eigenvalue weighted by Crippen LogP contribution is -2.60. The molecule has 33 heavy (non-hydrogen) atoms. The molecule has 8 nitrogen and oxygen atoms in total. The van der Waals surface area contributed by atoms with Crippen LogP contribution in [0.1, 0.15) is 51.9 Å². The number of nitrogens with one attached hydrogen (secondary N) is 1. The van der Waals surface area contributed by atoms with Gasteiger partial charge in [0.1, 0.15) is 0 Å². The lowest BCUT2D eigenvalue weighted by molar-refractivity contribution is -0.350. The van der Waals surface area contributed by atoms with Crippen molar-refractivity contribution in [1.29, 1.82) is 0 Å². The largest absolute Gasteiger partial charge is 0.768 e. The van der Waals surface area contributed by atoms with E-state index in [1.165, 1.54) is 0 Å². The van der Waals surface area contributed by atoms with E-state index in [1.807, 2.05) is 0 Å². The summed E-state index contributed by atoms with van der Waals surface area (Å²) in [6.45, 7) is -0.910. The van der Waals surface area contributed by atoms with E-state index in [0.29, 0.717) is 25.7 Å². The van der Waals surface area contributed by atoms with Crippen LogP contribution in [0.25, 0.3) is 0 Å². The van der Waals surface area contributed by atoms with E-state index in [4.69, 9.17) is 0 Å². The average molecular weight is 518 g/mol. The van der Waals surface area contributed by atoms with Crippen LogP contribution in [0, 0.1) is 0 Å². The molecule has 0 radical (unpaired) electrons. The first kappa shape index (κ1) is 29.4. The first-order valence-corrected chi connectivity index (χ1v) is 10.9. The van der Waals surface area contributed by atoms with Crippen LogP contribution in [-0.2, 0) is 30.1 Å². The number of rotatable bonds is 11. The molecule has 1 aliphatic rings. The number of esters is 1. The van der Waals surface area contributed by atoms with Gasteiger partial charge in [-0.3, -0.25) is 4.21 Å². The molecule has 0 heterocycles. The molecule has 2 unspecified atom stereocenters. The fourth-order valence-electron chi connectivity index (χ4n) is 2.96. The molecular formula is C17H23F7NO7S-. The fourth-order valence-corrected chi connectivity index (χ4v) is 3.31. The highest BCUT2D eigenvalue weighted by Crippen LogP contribution is 2.41. The van der Waals surface area contributed by atoms with Gasteiger partial charge in [-0.05, 0) is 26.2 Å². The molecule has 2 atom stereocenters. The van der Waals surface area contributed by atoms with Crippen molar-refractivity contribution in [3.63, 3.8) is 0 Å². The zero-order valence-electron chi connectivity index (χ0n) is 17.4. The molecule has 0 saturated heterocycles. The summed E-state index contributed by atoms with van der Waals surface area (Å²) in [4.78, 5) is 24.1. The summed E-state index contributed by atoms with van der Waals surface area (Å²) in [5, 5.41) is -3.34. The molecule has 1 rings (SSSR count). The van der Waals surface area contributed by atoms with Gasteiger partial charge in [0, 0.05) is 23.5 Å². The first-order chi connectivity index (χ1) is 15.1. The molecule has 0 aliphatic heterocycles. The Morgan fingerprint density at radius 1 is 1.06 bits per heavy atom. The molecule has 0 aromatic rings. The van der Waals surface area contributed by atoms with Crippen LogP contribution in [0.4, 0.5) is 35.5 Å². The zero-order valence-corrected chi connectivity index (χ0v) is 18.2. The minimum atomic E-state index is -5.74. The topological polar surface area (TPSA) is 114 Å². The summed E-state index contributed by atoms with van der Waals surface area (Å²) in [6, 6.07) is -0.534. The minimum absolute atomic E-state index is 0.443. The van der Waals surface area contributed by atoms with Crippen LogP contribution in [0.5, 0.6) is 0 Å². The molecule has 0 bridgehead atoms. The number of hydrogen-bond donors (Lipinski definition) is 1. The summed E-state index contributed by atoms with van der Waals surface area (Å²) in [5.74, 6) is -11.7. The SMILES string of the molecule is CCOC(=O)C(OCCCC(F)(F)C(F)(F)S(=O)[O-])(OC(=O)NC1CCCCC1)C(F)(F)F. The van der Waals surface area contributed by atoms with Gasteiger partial charge in [-0.25, -0.2) is 9.59 Å². The van der Waals surface area contributed by atoms with Gasteiger partial charge in [0.05, 0.1) is 13.2 Å². The van der Waals surface area contributed by atoms with E-state index < -0.39 is 78.4 Å². The van der Waals surface area contributed by atoms with Crippen molar-refractivity contribution >= 4 is 23.1 Å². The Kier molecular flexibility index (Phi) is 10.4. The second kappa shape index (κ2) is 11.6. The Balaban J connectivity index is 2.98. The predicted octanol–water partition coefficient (Wildman–Crippen LogP) is 3.77. The highest BCUT2D eigenvalue weighted by Gasteiger charge is 2.68. The maximum Gasteiger partial charge on any atom is 0.468 e. The minimum Gasteiger partial charge on any atom is -0.768 e. The molecule has 194 valence electrons. The second-order valence-electron chi connectivity index (χ2n) is 7.11. The third kappa shape index (κ3) is 7.40. The smallest absolute Gasteiger partial charge is 0.468 e. The van der Waals surface area contributed by atoms with Crippen LogP contribution in [0.3, 0.4) is 0 Å². The lowest BCUT2D eigenvalue weighted by atomic mass is 9.96. The number of carbonyl (C=O) groups excluding carboxylic acids is 2. The maximum absolute atomic E-state index is 13.8. The fraction of sp³-hybridized carbons (Fsp3) is 0.882. The van der Waals surface area contributed by atoms with Crippen molar-refractivity contribution in [2.75, 3.05) is 13.2 Å². The van der Waals surface area contributed by atoms with Crippen LogP contribution in [0.15, 0.2) is 0 Å². The Hall–Kier alpha value is -1.68. The van der Waals surface area contributed by atoms with E-state index in [0.717, 1.165) is 13.3 Å². The van der Waals surface area contributed by atoms with Gasteiger partial charge in [0.15, 0.2) is 0 Å². The second-order valence-corrected chi connectivity index (χ2v) is 8.09. The third-order valence-electron chi connectivity index (χ3n) is 4.66. The van der Waals surface area contributed by atoms with Gasteiger partial charge in [-0.1, -0.05) is 19.3 Å². The lowest BCUT2D eigenvalue weighted by Gasteiger charge is -2.33. The molecule has 0 aromatic heterocycles. The number of carbonyl (C=O) groups is 2. The van der Waals surface area contributed by atoms with E-state index in [2.05, 4.69) is 19.5 Å². The van der Waals surface area contributed by atoms with Gasteiger partial charge in [0.2, 0.25) is 0 Å². The molecule has 1 saturated carbocycles. The Bertz CT molecular complexity index is 702. The summed E-state index contributed by atoms with van der Waals surface area (Å²) < 4.78 is 128. The summed E-state index contributed by atoms with van der Waals surface area (Å²) in [5.41, 5.74) is 0. The van der Waals surface area contributed by atoms with E-state index in [1.54, 1.807) is 0 Å². The molecule has 1 aliphatic carbocycles. The van der Waals surface area contributed by atoms with Crippen molar-refractivity contribution in [3.8, 4) is 0 Å². The Morgan fingerprint density at radius 3 is 2.12 bits per heavy atom. The standard InChI is InChI=1S/C17H24F7NO7S/c1-2-30-12(26)15(16(20,21)22,32-13(27)25-11-7-4-3-5-8-11)31-10-6-9-14(18,19)17(23,24)33(28)29/h11H,2-10H2,1H3,(H,25,27)(H,28,29)/p-1. The van der Waals surface area contributed by atoms with Crippen LogP contribution in [-0.4, -0.2) is 63.2 Å². The number of ether oxygens (including phenoxy) is 3. The van der Waals surface area contributed by atoms with Crippen molar-refractivity contribution in [3.05, 3.63) is 0 Å². The number of amides is 1. The van der Waals surface area contributed by atoms with E-state index in [9.17, 15) is 49.1 Å². The quantitative estimate of drug-likeness (QED) is 0.146. The van der Waals surface area contributed by atoms with Crippen molar-refractivity contribution in [2.45, 2.75) is 81.1 Å². The molecule has 1 N–H and O–H groups in total. The number of halogens is 7. The highest BCUT2D eigenvalue weighted by molar-refractivity contribution is 7.80. The van der Waals surface area contributed by atoms with Crippen molar-refractivity contribution in [1.82, 2.24) is 5.32 Å². The molecule has 16 heteroatoms. The summed E-state index contributed by atoms with van der Waals surface area (Å²) >= 11 is -4.51. The Labute approximate surface area is 186 Å². The first-order valence-electron chi connectivity index (χ1n) is 9.83. The predicted molar refractivity (Wildman–Crippen MR) is 95.9 cm³/mol. The highest BCUT2D eigenvalue weighted by atomic mass is 32.2. The number of alkyl halides is 7. The summed E-state index contributed by atoms with van der Waals surface area (Å²) in [6.07, 6.45) is -7.48. The molecule has 0 spiro atoms. The van der Waals surface area contributed by atoms with Gasteiger partial charge < -0.3 is 24.1 Å². The van der Waals surface area contributed by atoms with Crippen LogP contribution in [0.2, 0.25) is 0 Å². The van der Waals surface area contributed by atoms with Gasteiger partial charge in [0.25, 0.3) is 0 Å². The number of hydrogen-bond acceptors (Lipinski definition) is 7. The third-order valence-corrected chi connectivity index (χ3v) is 5.37. The number of alkyl carbamates (subject to hydrolysis) is 1. The molecular weight excluding hydrogens is 495 g/mol. The maximum atomic E-state index is 13.8. The van der Waals surface area contributed by atoms with Crippen molar-refractivity contribution < 1.29 is 63.3 Å². The van der Waals surface area contributed by atoms with E-state index >= 15 is 0 Å². The van der Waals surface area contributed by atoms with Crippen LogP contribution >= 0.6 is 0 Å². The zero-order chi connectivity index (χ0) is 25.5. The molecule has 1 amide bonds. The van der Waals surface area contributed by atoms with Gasteiger partial charge in [-0.15, -0.1) is 0 Å². The van der Waals surface area contributed by atoms with Gasteiger partial charge in [-0.2, -0.15) is 30.7 Å². The molecule has 0 aromatic carbocycles. The average Bonchev–Trinajstić information content (AvgIpc) is 2.69. The summed E-state index contributed by atoms with van der Waals surface area (Å²) in [7, 11) is 0.